The standard InChI is InChI=1S/C14H22N2O2S2/c1-11-8-13(19-12(11)2)20(17,18)16-7-5-14(10-16)4-6-15(3)9-14/h8H,4-7,9-10H2,1-3H3/t14-/m0/s1. The van der Waals surface area contributed by atoms with Crippen LogP contribution in [-0.4, -0.2) is 50.8 Å². The molecule has 2 fully saturated rings. The van der Waals surface area contributed by atoms with Crippen LogP contribution in [0.2, 0.25) is 0 Å². The normalized spacial score (nSPS) is 28.8. The van der Waals surface area contributed by atoms with Gasteiger partial charge in [0, 0.05) is 24.5 Å². The van der Waals surface area contributed by atoms with E-state index in [9.17, 15) is 8.42 Å². The number of nitrogens with zero attached hydrogens (tertiary/aromatic N) is 2. The molecule has 20 heavy (non-hydrogen) atoms. The van der Waals surface area contributed by atoms with Crippen LogP contribution in [0.3, 0.4) is 0 Å². The molecule has 0 bridgehead atoms. The highest BCUT2D eigenvalue weighted by molar-refractivity contribution is 7.91. The summed E-state index contributed by atoms with van der Waals surface area (Å²) >= 11 is 1.40. The van der Waals surface area contributed by atoms with E-state index in [1.807, 2.05) is 19.9 Å². The fraction of sp³-hybridized carbons (Fsp3) is 0.714. The molecule has 0 amide bonds. The Morgan fingerprint density at radius 1 is 1.20 bits per heavy atom. The molecule has 112 valence electrons. The predicted octanol–water partition coefficient (Wildman–Crippen LogP) is 2.08. The molecule has 0 saturated carbocycles. The van der Waals surface area contributed by atoms with Gasteiger partial charge in [0.15, 0.2) is 0 Å². The zero-order valence-electron chi connectivity index (χ0n) is 12.3. The predicted molar refractivity (Wildman–Crippen MR) is 81.7 cm³/mol. The van der Waals surface area contributed by atoms with Crippen LogP contribution in [0.5, 0.6) is 0 Å². The molecule has 3 rings (SSSR count). The zero-order chi connectivity index (χ0) is 14.5. The SMILES string of the molecule is Cc1cc(S(=O)(=O)N2CC[C@]3(CCN(C)C3)C2)sc1C. The fourth-order valence-corrected chi connectivity index (χ4v) is 6.61. The van der Waals surface area contributed by atoms with E-state index < -0.39 is 10.0 Å². The molecule has 1 spiro atoms. The van der Waals surface area contributed by atoms with Gasteiger partial charge >= 0.3 is 0 Å². The van der Waals surface area contributed by atoms with Gasteiger partial charge in [0.05, 0.1) is 0 Å². The average Bonchev–Trinajstić information content (AvgIpc) is 3.04. The van der Waals surface area contributed by atoms with E-state index in [4.69, 9.17) is 0 Å². The van der Waals surface area contributed by atoms with Crippen molar-refractivity contribution in [3.05, 3.63) is 16.5 Å². The molecule has 0 N–H and O–H groups in total. The van der Waals surface area contributed by atoms with Crippen molar-refractivity contribution in [1.29, 1.82) is 0 Å². The van der Waals surface area contributed by atoms with Crippen molar-refractivity contribution in [3.8, 4) is 0 Å². The lowest BCUT2D eigenvalue weighted by Gasteiger charge is -2.23. The molecule has 0 aliphatic carbocycles. The molecule has 1 aromatic rings. The van der Waals surface area contributed by atoms with Crippen LogP contribution in [0.4, 0.5) is 0 Å². The third-order valence-electron chi connectivity index (χ3n) is 4.77. The minimum atomic E-state index is -3.29. The van der Waals surface area contributed by atoms with Crippen molar-refractivity contribution in [3.63, 3.8) is 0 Å². The summed E-state index contributed by atoms with van der Waals surface area (Å²) in [4.78, 5) is 3.41. The van der Waals surface area contributed by atoms with E-state index in [2.05, 4.69) is 11.9 Å². The summed E-state index contributed by atoms with van der Waals surface area (Å²) in [6, 6.07) is 1.82. The lowest BCUT2D eigenvalue weighted by atomic mass is 9.87. The molecule has 4 nitrogen and oxygen atoms in total. The summed E-state index contributed by atoms with van der Waals surface area (Å²) in [6.07, 6.45) is 2.12. The molecule has 0 unspecified atom stereocenters. The molecule has 0 radical (unpaired) electrons. The van der Waals surface area contributed by atoms with Crippen LogP contribution >= 0.6 is 11.3 Å². The van der Waals surface area contributed by atoms with Gasteiger partial charge in [-0.2, -0.15) is 4.31 Å². The maximum Gasteiger partial charge on any atom is 0.252 e. The highest BCUT2D eigenvalue weighted by atomic mass is 32.2. The second kappa shape index (κ2) is 4.80. The van der Waals surface area contributed by atoms with E-state index >= 15 is 0 Å². The monoisotopic (exact) mass is 314 g/mol. The van der Waals surface area contributed by atoms with Crippen LogP contribution in [-0.2, 0) is 10.0 Å². The second-order valence-electron chi connectivity index (χ2n) is 6.38. The van der Waals surface area contributed by atoms with Crippen molar-refractivity contribution < 1.29 is 8.42 Å². The first-order valence-electron chi connectivity index (χ1n) is 7.08. The third-order valence-corrected chi connectivity index (χ3v) is 8.22. The van der Waals surface area contributed by atoms with Crippen LogP contribution in [0.25, 0.3) is 0 Å². The van der Waals surface area contributed by atoms with Gasteiger partial charge in [0.2, 0.25) is 0 Å². The molecule has 0 aromatic carbocycles. The maximum absolute atomic E-state index is 12.7. The molecule has 2 aliphatic rings. The summed E-state index contributed by atoms with van der Waals surface area (Å²) in [5, 5.41) is 0. The van der Waals surface area contributed by atoms with E-state index in [1.54, 1.807) is 4.31 Å². The smallest absolute Gasteiger partial charge is 0.252 e. The lowest BCUT2D eigenvalue weighted by Crippen LogP contribution is -2.33. The van der Waals surface area contributed by atoms with Crippen molar-refractivity contribution in [2.75, 3.05) is 33.2 Å². The Morgan fingerprint density at radius 3 is 2.45 bits per heavy atom. The third kappa shape index (κ3) is 2.32. The summed E-state index contributed by atoms with van der Waals surface area (Å²) in [5.41, 5.74) is 1.27. The lowest BCUT2D eigenvalue weighted by molar-refractivity contribution is 0.294. The summed E-state index contributed by atoms with van der Waals surface area (Å²) in [5.74, 6) is 0. The zero-order valence-corrected chi connectivity index (χ0v) is 14.0. The number of sulfonamides is 1. The molecular weight excluding hydrogens is 292 g/mol. The van der Waals surface area contributed by atoms with Crippen LogP contribution in [0, 0.1) is 19.3 Å². The number of thiophene rings is 1. The van der Waals surface area contributed by atoms with Gasteiger partial charge in [0.25, 0.3) is 10.0 Å². The van der Waals surface area contributed by atoms with Crippen molar-refractivity contribution in [2.24, 2.45) is 5.41 Å². The van der Waals surface area contributed by atoms with Crippen LogP contribution in [0.1, 0.15) is 23.3 Å². The Morgan fingerprint density at radius 2 is 1.90 bits per heavy atom. The van der Waals surface area contributed by atoms with Crippen molar-refractivity contribution in [2.45, 2.75) is 30.9 Å². The van der Waals surface area contributed by atoms with Gasteiger partial charge in [-0.3, -0.25) is 0 Å². The van der Waals surface area contributed by atoms with Gasteiger partial charge in [0.1, 0.15) is 4.21 Å². The molecule has 2 saturated heterocycles. The van der Waals surface area contributed by atoms with Gasteiger partial charge in [-0.1, -0.05) is 0 Å². The van der Waals surface area contributed by atoms with Crippen molar-refractivity contribution in [1.82, 2.24) is 9.21 Å². The largest absolute Gasteiger partial charge is 0.306 e. The number of hydrogen-bond donors (Lipinski definition) is 0. The molecule has 6 heteroatoms. The molecule has 2 aliphatic heterocycles. The van der Waals surface area contributed by atoms with E-state index in [0.717, 1.165) is 36.4 Å². The first-order chi connectivity index (χ1) is 9.32. The number of rotatable bonds is 2. The quantitative estimate of drug-likeness (QED) is 0.839. The van der Waals surface area contributed by atoms with E-state index in [-0.39, 0.29) is 5.41 Å². The Hall–Kier alpha value is -0.430. The fourth-order valence-electron chi connectivity index (χ4n) is 3.38. The van der Waals surface area contributed by atoms with E-state index in [1.165, 1.54) is 11.3 Å². The van der Waals surface area contributed by atoms with Gasteiger partial charge in [-0.15, -0.1) is 11.3 Å². The Labute approximate surface area is 125 Å². The minimum Gasteiger partial charge on any atom is -0.306 e. The average molecular weight is 314 g/mol. The Bertz CT molecular complexity index is 604. The highest BCUT2D eigenvalue weighted by Crippen LogP contribution is 2.41. The van der Waals surface area contributed by atoms with Gasteiger partial charge in [-0.05, 0) is 57.3 Å². The number of likely N-dealkylation sites (tertiary alicyclic amines) is 1. The topological polar surface area (TPSA) is 40.6 Å². The first-order valence-corrected chi connectivity index (χ1v) is 9.34. The Balaban J connectivity index is 1.83. The van der Waals surface area contributed by atoms with Gasteiger partial charge < -0.3 is 4.90 Å². The summed E-state index contributed by atoms with van der Waals surface area (Å²) in [6.45, 7) is 7.44. The maximum atomic E-state index is 12.7. The first kappa shape index (κ1) is 14.5. The van der Waals surface area contributed by atoms with E-state index in [0.29, 0.717) is 17.3 Å². The minimum absolute atomic E-state index is 0.198. The van der Waals surface area contributed by atoms with Crippen LogP contribution < -0.4 is 0 Å². The molecule has 1 atom stereocenters. The molecule has 1 aromatic heterocycles. The molecule has 3 heterocycles. The molecular formula is C14H22N2O2S2. The van der Waals surface area contributed by atoms with Gasteiger partial charge in [-0.25, -0.2) is 8.42 Å². The number of aryl methyl sites for hydroxylation is 2. The summed E-state index contributed by atoms with van der Waals surface area (Å²) in [7, 11) is -1.17. The Kier molecular flexibility index (Phi) is 3.48. The highest BCUT2D eigenvalue weighted by Gasteiger charge is 2.46. The van der Waals surface area contributed by atoms with Crippen LogP contribution in [0.15, 0.2) is 10.3 Å². The number of hydrogen-bond acceptors (Lipinski definition) is 4. The van der Waals surface area contributed by atoms with Crippen molar-refractivity contribution >= 4 is 21.4 Å². The summed E-state index contributed by atoms with van der Waals surface area (Å²) < 4.78 is 27.7. The second-order valence-corrected chi connectivity index (χ2v) is 9.80.